The van der Waals surface area contributed by atoms with E-state index in [2.05, 4.69) is 44.7 Å². The summed E-state index contributed by atoms with van der Waals surface area (Å²) in [5, 5.41) is 6.77. The van der Waals surface area contributed by atoms with Gasteiger partial charge >= 0.3 is 0 Å². The summed E-state index contributed by atoms with van der Waals surface area (Å²) >= 11 is 0. The van der Waals surface area contributed by atoms with Crippen LogP contribution < -0.4 is 15.5 Å². The van der Waals surface area contributed by atoms with Crippen molar-refractivity contribution in [2.24, 2.45) is 0 Å². The number of aromatic nitrogens is 4. The summed E-state index contributed by atoms with van der Waals surface area (Å²) in [4.78, 5) is 20.8. The highest BCUT2D eigenvalue weighted by Gasteiger charge is 2.20. The van der Waals surface area contributed by atoms with Gasteiger partial charge in [0.1, 0.15) is 11.3 Å². The molecule has 9 nitrogen and oxygen atoms in total. The van der Waals surface area contributed by atoms with Crippen LogP contribution in [0.15, 0.2) is 36.8 Å². The van der Waals surface area contributed by atoms with E-state index in [1.807, 2.05) is 12.3 Å². The zero-order valence-corrected chi connectivity index (χ0v) is 19.8. The Hall–Kier alpha value is -2.53. The second-order valence-electron chi connectivity index (χ2n) is 8.22. The van der Waals surface area contributed by atoms with Crippen molar-refractivity contribution in [1.82, 2.24) is 25.3 Å². The minimum atomic E-state index is 0. The Morgan fingerprint density at radius 3 is 2.73 bits per heavy atom. The van der Waals surface area contributed by atoms with Crippen LogP contribution in [0.4, 0.5) is 11.6 Å². The van der Waals surface area contributed by atoms with Crippen molar-refractivity contribution in [1.29, 1.82) is 0 Å². The molecule has 2 aliphatic heterocycles. The van der Waals surface area contributed by atoms with Gasteiger partial charge in [0, 0.05) is 70.1 Å². The second-order valence-corrected chi connectivity index (χ2v) is 8.22. The first-order valence-electron chi connectivity index (χ1n) is 11.2. The number of fused-ring (bicyclic) bond motifs is 1. The summed E-state index contributed by atoms with van der Waals surface area (Å²) in [6.45, 7) is 4.72. The molecule has 2 saturated heterocycles. The van der Waals surface area contributed by atoms with Crippen molar-refractivity contribution in [3.63, 3.8) is 0 Å². The molecular formula is C23H31N7O2S. The summed E-state index contributed by atoms with van der Waals surface area (Å²) in [5.74, 6) is 1.67. The fraction of sp³-hybridized carbons (Fsp3) is 0.478. The van der Waals surface area contributed by atoms with Crippen molar-refractivity contribution in [3.05, 3.63) is 36.8 Å². The minimum absolute atomic E-state index is 0. The highest BCUT2D eigenvalue weighted by atomic mass is 32.1. The molecule has 33 heavy (non-hydrogen) atoms. The van der Waals surface area contributed by atoms with Crippen LogP contribution in [-0.2, 0) is 9.47 Å². The lowest BCUT2D eigenvalue weighted by Gasteiger charge is -2.32. The molecule has 176 valence electrons. The van der Waals surface area contributed by atoms with Crippen molar-refractivity contribution in [2.45, 2.75) is 25.0 Å². The Morgan fingerprint density at radius 1 is 1.12 bits per heavy atom. The molecule has 5 rings (SSSR count). The van der Waals surface area contributed by atoms with Gasteiger partial charge in [-0.1, -0.05) is 0 Å². The van der Waals surface area contributed by atoms with E-state index in [0.29, 0.717) is 18.4 Å². The van der Waals surface area contributed by atoms with Gasteiger partial charge in [-0.25, -0.2) is 15.0 Å². The average Bonchev–Trinajstić information content (AvgIpc) is 2.88. The standard InChI is InChI=1S/C23H29N7O2.H2S/c1-30(17-4-9-31-10-5-17)21-3-2-16(13-27-21)19-12-20-22(26-7-6-25-20)23(29-19)28-15-18-14-24-8-11-32-18;/h2-3,6-7,12-13,17-18,24H,4-5,8-11,14-15H2,1H3,(H,28,29);1H2/t18-;/m0./s1. The van der Waals surface area contributed by atoms with Crippen LogP contribution in [0.5, 0.6) is 0 Å². The number of anilines is 2. The van der Waals surface area contributed by atoms with Crippen molar-refractivity contribution in [2.75, 3.05) is 56.7 Å². The van der Waals surface area contributed by atoms with Crippen LogP contribution in [0.3, 0.4) is 0 Å². The van der Waals surface area contributed by atoms with Crippen LogP contribution in [-0.4, -0.2) is 78.6 Å². The predicted molar refractivity (Wildman–Crippen MR) is 134 cm³/mol. The molecule has 1 atom stereocenters. The molecule has 0 spiro atoms. The Morgan fingerprint density at radius 2 is 1.97 bits per heavy atom. The van der Waals surface area contributed by atoms with E-state index >= 15 is 0 Å². The largest absolute Gasteiger partial charge is 0.381 e. The van der Waals surface area contributed by atoms with Crippen molar-refractivity contribution < 1.29 is 9.47 Å². The normalized spacial score (nSPS) is 19.1. The predicted octanol–water partition coefficient (Wildman–Crippen LogP) is 2.22. The van der Waals surface area contributed by atoms with E-state index in [1.165, 1.54) is 0 Å². The first-order valence-corrected chi connectivity index (χ1v) is 11.2. The molecule has 0 aliphatic carbocycles. The lowest BCUT2D eigenvalue weighted by Crippen LogP contribution is -2.42. The number of morpholine rings is 1. The van der Waals surface area contributed by atoms with E-state index < -0.39 is 0 Å². The molecular weight excluding hydrogens is 438 g/mol. The molecule has 0 saturated carbocycles. The molecule has 3 aromatic rings. The molecule has 0 aromatic carbocycles. The van der Waals surface area contributed by atoms with E-state index in [0.717, 1.165) is 73.9 Å². The molecule has 2 aliphatic rings. The topological polar surface area (TPSA) is 97.3 Å². The Labute approximate surface area is 200 Å². The van der Waals surface area contributed by atoms with E-state index in [1.54, 1.807) is 12.4 Å². The second kappa shape index (κ2) is 11.1. The van der Waals surface area contributed by atoms with Crippen LogP contribution in [0, 0.1) is 0 Å². The first kappa shape index (κ1) is 23.6. The van der Waals surface area contributed by atoms with E-state index in [9.17, 15) is 0 Å². The summed E-state index contributed by atoms with van der Waals surface area (Å²) in [5.41, 5.74) is 3.31. The lowest BCUT2D eigenvalue weighted by molar-refractivity contribution is 0.0372. The van der Waals surface area contributed by atoms with Gasteiger partial charge in [0.15, 0.2) is 5.82 Å². The Balaban J connectivity index is 0.00000259. The smallest absolute Gasteiger partial charge is 0.154 e. The molecule has 2 N–H and O–H groups in total. The average molecular weight is 470 g/mol. The van der Waals surface area contributed by atoms with Gasteiger partial charge in [0.05, 0.1) is 23.9 Å². The number of ether oxygens (including phenoxy) is 2. The van der Waals surface area contributed by atoms with Gasteiger partial charge < -0.3 is 25.0 Å². The molecule has 2 fully saturated rings. The monoisotopic (exact) mass is 469 g/mol. The number of nitrogens with zero attached hydrogens (tertiary/aromatic N) is 5. The zero-order chi connectivity index (χ0) is 21.8. The SMILES string of the molecule is CN(c1ccc(-c2cc3nccnc3c(NC[C@@H]3CNCCO3)n2)cn1)C1CCOCC1.S. The quantitative estimate of drug-likeness (QED) is 0.563. The minimum Gasteiger partial charge on any atom is -0.381 e. The van der Waals surface area contributed by atoms with Gasteiger partial charge in [0.2, 0.25) is 0 Å². The third-order valence-corrected chi connectivity index (χ3v) is 6.10. The Bertz CT molecular complexity index is 1040. The van der Waals surface area contributed by atoms with Gasteiger partial charge in [-0.3, -0.25) is 4.98 Å². The molecule has 0 radical (unpaired) electrons. The molecule has 5 heterocycles. The summed E-state index contributed by atoms with van der Waals surface area (Å²) < 4.78 is 11.3. The number of pyridine rings is 2. The molecule has 0 unspecified atom stereocenters. The lowest BCUT2D eigenvalue weighted by atomic mass is 10.1. The number of hydrogen-bond acceptors (Lipinski definition) is 9. The summed E-state index contributed by atoms with van der Waals surface area (Å²) in [6.07, 6.45) is 7.43. The van der Waals surface area contributed by atoms with E-state index in [4.69, 9.17) is 19.4 Å². The van der Waals surface area contributed by atoms with Gasteiger partial charge in [-0.2, -0.15) is 13.5 Å². The van der Waals surface area contributed by atoms with Crippen LogP contribution in [0.25, 0.3) is 22.3 Å². The van der Waals surface area contributed by atoms with Crippen molar-refractivity contribution >= 4 is 36.2 Å². The third kappa shape index (κ3) is 5.52. The van der Waals surface area contributed by atoms with Crippen molar-refractivity contribution in [3.8, 4) is 11.3 Å². The maximum absolute atomic E-state index is 5.80. The molecule has 0 amide bonds. The van der Waals surface area contributed by atoms with Gasteiger partial charge in [0.25, 0.3) is 0 Å². The maximum Gasteiger partial charge on any atom is 0.154 e. The molecule has 0 bridgehead atoms. The number of rotatable bonds is 6. The summed E-state index contributed by atoms with van der Waals surface area (Å²) in [6, 6.07) is 6.55. The number of hydrogen-bond donors (Lipinski definition) is 2. The highest BCUT2D eigenvalue weighted by Crippen LogP contribution is 2.27. The Kier molecular flexibility index (Phi) is 7.92. The zero-order valence-electron chi connectivity index (χ0n) is 18.8. The molecule has 3 aromatic heterocycles. The third-order valence-electron chi connectivity index (χ3n) is 6.10. The fourth-order valence-electron chi connectivity index (χ4n) is 4.21. The van der Waals surface area contributed by atoms with Gasteiger partial charge in [-0.15, -0.1) is 0 Å². The van der Waals surface area contributed by atoms with Crippen LogP contribution >= 0.6 is 13.5 Å². The van der Waals surface area contributed by atoms with Crippen LogP contribution in [0.2, 0.25) is 0 Å². The number of nitrogens with one attached hydrogen (secondary N) is 2. The summed E-state index contributed by atoms with van der Waals surface area (Å²) in [7, 11) is 2.10. The van der Waals surface area contributed by atoms with E-state index in [-0.39, 0.29) is 19.6 Å². The highest BCUT2D eigenvalue weighted by molar-refractivity contribution is 7.59. The van der Waals surface area contributed by atoms with Crippen LogP contribution in [0.1, 0.15) is 12.8 Å². The van der Waals surface area contributed by atoms with Gasteiger partial charge in [-0.05, 0) is 31.0 Å². The maximum atomic E-state index is 5.80. The first-order chi connectivity index (χ1) is 15.8. The fourth-order valence-corrected chi connectivity index (χ4v) is 4.21. The molecule has 10 heteroatoms.